The van der Waals surface area contributed by atoms with Gasteiger partial charge in [0.1, 0.15) is 6.61 Å². The Kier molecular flexibility index (Phi) is 6.24. The Hall–Kier alpha value is -1.95. The number of hydrogen-bond donors (Lipinski definition) is 1. The van der Waals surface area contributed by atoms with Crippen molar-refractivity contribution in [3.63, 3.8) is 0 Å². The molecule has 1 aliphatic heterocycles. The van der Waals surface area contributed by atoms with Crippen LogP contribution in [0.25, 0.3) is 0 Å². The van der Waals surface area contributed by atoms with Crippen molar-refractivity contribution >= 4 is 49.1 Å². The number of ether oxygens (including phenoxy) is 2. The fourth-order valence-corrected chi connectivity index (χ4v) is 5.91. The van der Waals surface area contributed by atoms with Crippen molar-refractivity contribution in [2.45, 2.75) is 25.0 Å². The van der Waals surface area contributed by atoms with Gasteiger partial charge >= 0.3 is 0 Å². The Labute approximate surface area is 210 Å². The minimum Gasteiger partial charge on any atom is -0.493 e. The summed E-state index contributed by atoms with van der Waals surface area (Å²) in [5, 5.41) is 4.51. The zero-order valence-electron chi connectivity index (χ0n) is 17.4. The highest BCUT2D eigenvalue weighted by Gasteiger charge is 2.39. The largest absolute Gasteiger partial charge is 0.493 e. The molecule has 164 valence electrons. The van der Waals surface area contributed by atoms with Crippen molar-refractivity contribution in [1.29, 1.82) is 0 Å². The maximum absolute atomic E-state index is 6.13. The first kappa shape index (κ1) is 21.9. The fraction of sp³-hybridized carbons (Fsp3) is 0.231. The number of allylic oxidation sites excluding steroid dienone is 2. The molecule has 0 amide bonds. The van der Waals surface area contributed by atoms with Gasteiger partial charge in [0, 0.05) is 15.4 Å². The molecular weight excluding hydrogens is 554 g/mol. The number of anilines is 1. The minimum absolute atomic E-state index is 0.164. The van der Waals surface area contributed by atoms with Gasteiger partial charge in [0.2, 0.25) is 0 Å². The summed E-state index contributed by atoms with van der Waals surface area (Å²) in [6.45, 7) is 0.433. The maximum Gasteiger partial charge on any atom is 0.175 e. The third-order valence-electron chi connectivity index (χ3n) is 6.25. The predicted octanol–water partition coefficient (Wildman–Crippen LogP) is 8.28. The van der Waals surface area contributed by atoms with Crippen LogP contribution in [0.3, 0.4) is 0 Å². The number of nitrogens with one attached hydrogen (secondary N) is 1. The van der Waals surface area contributed by atoms with Crippen LogP contribution >= 0.6 is 43.5 Å². The molecule has 1 aliphatic carbocycles. The third-order valence-corrected chi connectivity index (χ3v) is 7.76. The van der Waals surface area contributed by atoms with Gasteiger partial charge in [-0.05, 0) is 91.2 Å². The number of methoxy groups -OCH3 is 1. The lowest BCUT2D eigenvalue weighted by molar-refractivity contribution is 0.282. The third kappa shape index (κ3) is 4.07. The Bertz CT molecular complexity index is 1180. The molecule has 0 aromatic heterocycles. The average molecular weight is 576 g/mol. The van der Waals surface area contributed by atoms with E-state index in [2.05, 4.69) is 79.7 Å². The van der Waals surface area contributed by atoms with Gasteiger partial charge in [0.25, 0.3) is 0 Å². The van der Waals surface area contributed by atoms with Crippen molar-refractivity contribution in [3.8, 4) is 11.5 Å². The second kappa shape index (κ2) is 9.12. The second-order valence-electron chi connectivity index (χ2n) is 8.13. The van der Waals surface area contributed by atoms with Gasteiger partial charge in [-0.1, -0.05) is 48.0 Å². The van der Waals surface area contributed by atoms with Gasteiger partial charge in [0.15, 0.2) is 11.5 Å². The number of halogens is 3. The average Bonchev–Trinajstić information content (AvgIpc) is 3.29. The van der Waals surface area contributed by atoms with Crippen molar-refractivity contribution < 1.29 is 9.47 Å². The summed E-state index contributed by atoms with van der Waals surface area (Å²) in [6.07, 6.45) is 5.69. The highest BCUT2D eigenvalue weighted by molar-refractivity contribution is 9.11. The Morgan fingerprint density at radius 1 is 1.06 bits per heavy atom. The lowest BCUT2D eigenvalue weighted by Crippen LogP contribution is -2.29. The van der Waals surface area contributed by atoms with Gasteiger partial charge in [-0.3, -0.25) is 0 Å². The Morgan fingerprint density at radius 2 is 1.88 bits per heavy atom. The highest BCUT2D eigenvalue weighted by atomic mass is 79.9. The number of hydrogen-bond acceptors (Lipinski definition) is 3. The summed E-state index contributed by atoms with van der Waals surface area (Å²) >= 11 is 13.5. The van der Waals surface area contributed by atoms with Gasteiger partial charge in [-0.15, -0.1) is 0 Å². The van der Waals surface area contributed by atoms with Gasteiger partial charge < -0.3 is 14.8 Å². The van der Waals surface area contributed by atoms with Crippen LogP contribution in [0.4, 0.5) is 5.69 Å². The molecule has 2 aliphatic rings. The van der Waals surface area contributed by atoms with Crippen LogP contribution in [0.1, 0.15) is 35.1 Å². The molecule has 32 heavy (non-hydrogen) atoms. The van der Waals surface area contributed by atoms with Gasteiger partial charge in [0.05, 0.1) is 23.3 Å². The molecule has 1 heterocycles. The van der Waals surface area contributed by atoms with E-state index in [1.165, 1.54) is 16.8 Å². The second-order valence-corrected chi connectivity index (χ2v) is 10.3. The summed E-state index contributed by atoms with van der Waals surface area (Å²) in [5.41, 5.74) is 4.74. The molecule has 0 radical (unpaired) electrons. The zero-order chi connectivity index (χ0) is 22.2. The Balaban J connectivity index is 1.46. The molecule has 0 fully saturated rings. The van der Waals surface area contributed by atoms with Gasteiger partial charge in [-0.25, -0.2) is 0 Å². The quantitative estimate of drug-likeness (QED) is 0.311. The van der Waals surface area contributed by atoms with Crippen LogP contribution < -0.4 is 14.8 Å². The van der Waals surface area contributed by atoms with Gasteiger partial charge in [-0.2, -0.15) is 0 Å². The molecule has 3 atom stereocenters. The fourth-order valence-electron chi connectivity index (χ4n) is 4.71. The van der Waals surface area contributed by atoms with Crippen LogP contribution in [0.2, 0.25) is 5.02 Å². The molecule has 0 bridgehead atoms. The smallest absolute Gasteiger partial charge is 0.175 e. The SMILES string of the molecule is COc1cc([C@@H]2Nc3c(Br)cccc3[C@H]3C=CC[C@@H]32)cc(Br)c1OCc1ccc(Cl)cc1. The van der Waals surface area contributed by atoms with Crippen LogP contribution in [0.5, 0.6) is 11.5 Å². The lowest BCUT2D eigenvalue weighted by Gasteiger charge is -2.38. The molecule has 6 heteroatoms. The van der Waals surface area contributed by atoms with Crippen molar-refractivity contribution in [3.05, 3.63) is 97.4 Å². The Morgan fingerprint density at radius 3 is 2.66 bits per heavy atom. The number of para-hydroxylation sites is 1. The summed E-state index contributed by atoms with van der Waals surface area (Å²) in [6, 6.07) is 18.5. The zero-order valence-corrected chi connectivity index (χ0v) is 21.4. The molecule has 0 spiro atoms. The van der Waals surface area contributed by atoms with Crippen LogP contribution in [0, 0.1) is 5.92 Å². The van der Waals surface area contributed by atoms with E-state index in [1.807, 2.05) is 24.3 Å². The standard InChI is InChI=1S/C26H22Br2ClNO2/c1-31-23-13-16(12-22(28)26(23)32-14-15-8-10-17(29)11-9-15)24-19-5-2-4-18(19)20-6-3-7-21(27)25(20)30-24/h2-4,6-13,18-19,24,30H,5,14H2,1H3/t18-,19-,24-/m0/s1. The van der Waals surface area contributed by atoms with Crippen molar-refractivity contribution in [2.24, 2.45) is 5.92 Å². The molecule has 3 nitrogen and oxygen atoms in total. The molecule has 0 saturated heterocycles. The number of benzene rings is 3. The normalized spacial score (nSPS) is 20.9. The van der Waals surface area contributed by atoms with E-state index in [-0.39, 0.29) is 6.04 Å². The van der Waals surface area contributed by atoms with E-state index < -0.39 is 0 Å². The predicted molar refractivity (Wildman–Crippen MR) is 137 cm³/mol. The first-order valence-electron chi connectivity index (χ1n) is 10.5. The van der Waals surface area contributed by atoms with E-state index in [0.29, 0.717) is 35.0 Å². The monoisotopic (exact) mass is 573 g/mol. The topological polar surface area (TPSA) is 30.5 Å². The summed E-state index contributed by atoms with van der Waals surface area (Å²) < 4.78 is 13.8. The first-order chi connectivity index (χ1) is 15.5. The minimum atomic E-state index is 0.164. The molecular formula is C26H22Br2ClNO2. The molecule has 5 rings (SSSR count). The number of rotatable bonds is 5. The summed E-state index contributed by atoms with van der Waals surface area (Å²) in [7, 11) is 1.68. The molecule has 3 aromatic carbocycles. The maximum atomic E-state index is 6.13. The van der Waals surface area contributed by atoms with Crippen molar-refractivity contribution in [1.82, 2.24) is 0 Å². The molecule has 1 N–H and O–H groups in total. The molecule has 0 saturated carbocycles. The molecule has 0 unspecified atom stereocenters. The highest BCUT2D eigenvalue weighted by Crippen LogP contribution is 2.52. The van der Waals surface area contributed by atoms with Crippen LogP contribution in [-0.2, 0) is 6.61 Å². The lowest BCUT2D eigenvalue weighted by atomic mass is 9.77. The van der Waals surface area contributed by atoms with E-state index in [4.69, 9.17) is 21.1 Å². The first-order valence-corrected chi connectivity index (χ1v) is 12.5. The van der Waals surface area contributed by atoms with E-state index >= 15 is 0 Å². The van der Waals surface area contributed by atoms with Crippen molar-refractivity contribution in [2.75, 3.05) is 12.4 Å². The van der Waals surface area contributed by atoms with Crippen LogP contribution in [-0.4, -0.2) is 7.11 Å². The van der Waals surface area contributed by atoms with Crippen LogP contribution in [0.15, 0.2) is 75.7 Å². The van der Waals surface area contributed by atoms with E-state index in [9.17, 15) is 0 Å². The molecule has 3 aromatic rings. The number of fused-ring (bicyclic) bond motifs is 3. The summed E-state index contributed by atoms with van der Waals surface area (Å²) in [4.78, 5) is 0. The van der Waals surface area contributed by atoms with E-state index in [0.717, 1.165) is 20.9 Å². The van der Waals surface area contributed by atoms with E-state index in [1.54, 1.807) is 7.11 Å². The summed E-state index contributed by atoms with van der Waals surface area (Å²) in [5.74, 6) is 2.27.